The molecule has 0 bridgehead atoms. The molecule has 3 aromatic rings. The Morgan fingerprint density at radius 1 is 1.05 bits per heavy atom. The van der Waals surface area contributed by atoms with E-state index < -0.39 is 0 Å². The number of halogens is 3. The summed E-state index contributed by atoms with van der Waals surface area (Å²) in [6.45, 7) is 0. The molecule has 0 N–H and O–H groups in total. The second kappa shape index (κ2) is 5.64. The van der Waals surface area contributed by atoms with Gasteiger partial charge in [-0.15, -0.1) is 0 Å². The van der Waals surface area contributed by atoms with Crippen LogP contribution in [0.3, 0.4) is 0 Å². The Kier molecular flexibility index (Phi) is 3.85. The topological polar surface area (TPSA) is 43.6 Å². The van der Waals surface area contributed by atoms with Crippen LogP contribution in [0, 0.1) is 0 Å². The van der Waals surface area contributed by atoms with Crippen LogP contribution in [-0.4, -0.2) is 19.7 Å². The summed E-state index contributed by atoms with van der Waals surface area (Å²) in [5.74, 6) is 0.425. The second-order valence-corrected chi connectivity index (χ2v) is 5.66. The first-order chi connectivity index (χ1) is 10.0. The van der Waals surface area contributed by atoms with Crippen LogP contribution in [0.25, 0.3) is 22.6 Å². The third-order valence-electron chi connectivity index (χ3n) is 2.86. The van der Waals surface area contributed by atoms with E-state index in [1.807, 2.05) is 13.2 Å². The van der Waals surface area contributed by atoms with E-state index in [-0.39, 0.29) is 0 Å². The van der Waals surface area contributed by atoms with Crippen molar-refractivity contribution < 1.29 is 0 Å². The Bertz CT molecular complexity index is 814. The Hall–Kier alpha value is -1.62. The maximum absolute atomic E-state index is 6.19. The van der Waals surface area contributed by atoms with Gasteiger partial charge in [0, 0.05) is 35.5 Å². The fourth-order valence-electron chi connectivity index (χ4n) is 1.91. The first-order valence-electron chi connectivity index (χ1n) is 6.02. The summed E-state index contributed by atoms with van der Waals surface area (Å²) in [6, 6.07) is 6.80. The molecular formula is C14H9Cl3N4. The van der Waals surface area contributed by atoms with E-state index in [9.17, 15) is 0 Å². The SMILES string of the molecule is Cn1cc(-c2cc(Cl)nc(-c3cc(Cl)ccc3Cl)n2)cn1. The molecule has 0 saturated heterocycles. The molecule has 0 aliphatic rings. The molecular weight excluding hydrogens is 331 g/mol. The number of aromatic nitrogens is 4. The second-order valence-electron chi connectivity index (χ2n) is 4.43. The molecule has 2 heterocycles. The smallest absolute Gasteiger partial charge is 0.163 e. The fourth-order valence-corrected chi connectivity index (χ4v) is 2.47. The van der Waals surface area contributed by atoms with E-state index in [4.69, 9.17) is 34.8 Å². The number of nitrogens with zero attached hydrogens (tertiary/aromatic N) is 4. The van der Waals surface area contributed by atoms with Crippen LogP contribution in [0.5, 0.6) is 0 Å². The molecule has 0 saturated carbocycles. The van der Waals surface area contributed by atoms with Gasteiger partial charge in [-0.2, -0.15) is 5.10 Å². The van der Waals surface area contributed by atoms with E-state index in [1.165, 1.54) is 0 Å². The van der Waals surface area contributed by atoms with Crippen molar-refractivity contribution in [2.45, 2.75) is 0 Å². The van der Waals surface area contributed by atoms with Crippen LogP contribution in [0.1, 0.15) is 0 Å². The summed E-state index contributed by atoms with van der Waals surface area (Å²) in [5.41, 5.74) is 2.16. The van der Waals surface area contributed by atoms with Gasteiger partial charge in [-0.3, -0.25) is 4.68 Å². The van der Waals surface area contributed by atoms with Crippen LogP contribution in [0.4, 0.5) is 0 Å². The number of rotatable bonds is 2. The lowest BCUT2D eigenvalue weighted by atomic mass is 10.2. The van der Waals surface area contributed by atoms with Crippen molar-refractivity contribution in [2.75, 3.05) is 0 Å². The standard InChI is InChI=1S/C14H9Cl3N4/c1-21-7-8(6-18-21)12-5-13(17)20-14(19-12)10-4-9(15)2-3-11(10)16/h2-7H,1H3. The molecule has 0 aliphatic heterocycles. The molecule has 7 heteroatoms. The number of hydrogen-bond acceptors (Lipinski definition) is 3. The minimum Gasteiger partial charge on any atom is -0.275 e. The molecule has 0 fully saturated rings. The molecule has 3 rings (SSSR count). The summed E-state index contributed by atoms with van der Waals surface area (Å²) in [4.78, 5) is 8.72. The van der Waals surface area contributed by atoms with Crippen molar-refractivity contribution in [3.05, 3.63) is 51.9 Å². The van der Waals surface area contributed by atoms with Gasteiger partial charge in [-0.1, -0.05) is 34.8 Å². The first kappa shape index (κ1) is 14.3. The summed E-state index contributed by atoms with van der Waals surface area (Å²) in [7, 11) is 1.83. The van der Waals surface area contributed by atoms with E-state index in [2.05, 4.69) is 15.1 Å². The highest BCUT2D eigenvalue weighted by atomic mass is 35.5. The molecule has 0 radical (unpaired) electrons. The molecule has 0 unspecified atom stereocenters. The molecule has 0 amide bonds. The zero-order valence-corrected chi connectivity index (χ0v) is 13.2. The van der Waals surface area contributed by atoms with Gasteiger partial charge in [-0.05, 0) is 18.2 Å². The van der Waals surface area contributed by atoms with E-state index in [1.54, 1.807) is 35.1 Å². The van der Waals surface area contributed by atoms with Gasteiger partial charge in [-0.25, -0.2) is 9.97 Å². The van der Waals surface area contributed by atoms with Crippen molar-refractivity contribution in [3.8, 4) is 22.6 Å². The predicted octanol–water partition coefficient (Wildman–Crippen LogP) is 4.50. The molecule has 0 aliphatic carbocycles. The summed E-state index contributed by atoms with van der Waals surface area (Å²) in [6.07, 6.45) is 3.56. The minimum absolute atomic E-state index is 0.329. The average molecular weight is 340 g/mol. The van der Waals surface area contributed by atoms with Crippen molar-refractivity contribution in [3.63, 3.8) is 0 Å². The highest BCUT2D eigenvalue weighted by molar-refractivity contribution is 6.35. The fraction of sp³-hybridized carbons (Fsp3) is 0.0714. The Morgan fingerprint density at radius 2 is 1.86 bits per heavy atom. The van der Waals surface area contributed by atoms with Gasteiger partial charge in [0.1, 0.15) is 5.15 Å². The zero-order valence-electron chi connectivity index (χ0n) is 10.9. The predicted molar refractivity (Wildman–Crippen MR) is 84.7 cm³/mol. The van der Waals surface area contributed by atoms with Crippen LogP contribution in [-0.2, 0) is 7.05 Å². The highest BCUT2D eigenvalue weighted by Crippen LogP contribution is 2.30. The molecule has 21 heavy (non-hydrogen) atoms. The lowest BCUT2D eigenvalue weighted by Crippen LogP contribution is -1.93. The van der Waals surface area contributed by atoms with Gasteiger partial charge in [0.05, 0.1) is 16.9 Å². The number of benzene rings is 1. The lowest BCUT2D eigenvalue weighted by Gasteiger charge is -2.06. The number of aryl methyl sites for hydroxylation is 1. The molecule has 106 valence electrons. The first-order valence-corrected chi connectivity index (χ1v) is 7.15. The summed E-state index contributed by atoms with van der Waals surface area (Å²) < 4.78 is 1.69. The summed E-state index contributed by atoms with van der Waals surface area (Å²) in [5, 5.41) is 5.52. The van der Waals surface area contributed by atoms with Gasteiger partial charge in [0.2, 0.25) is 0 Å². The summed E-state index contributed by atoms with van der Waals surface area (Å²) >= 11 is 18.3. The zero-order chi connectivity index (χ0) is 15.0. The van der Waals surface area contributed by atoms with Crippen LogP contribution in [0.15, 0.2) is 36.7 Å². The lowest BCUT2D eigenvalue weighted by molar-refractivity contribution is 0.768. The third kappa shape index (κ3) is 3.02. The Balaban J connectivity index is 2.16. The largest absolute Gasteiger partial charge is 0.275 e. The van der Waals surface area contributed by atoms with Gasteiger partial charge in [0.25, 0.3) is 0 Å². The van der Waals surface area contributed by atoms with Gasteiger partial charge >= 0.3 is 0 Å². The molecule has 0 spiro atoms. The minimum atomic E-state index is 0.329. The van der Waals surface area contributed by atoms with Crippen LogP contribution in [0.2, 0.25) is 15.2 Å². The average Bonchev–Trinajstić information content (AvgIpc) is 2.87. The van der Waals surface area contributed by atoms with E-state index in [0.717, 1.165) is 5.56 Å². The molecule has 2 aromatic heterocycles. The molecule has 1 aromatic carbocycles. The maximum Gasteiger partial charge on any atom is 0.163 e. The molecule has 0 atom stereocenters. The van der Waals surface area contributed by atoms with Crippen molar-refractivity contribution in [1.29, 1.82) is 0 Å². The normalized spacial score (nSPS) is 10.9. The Morgan fingerprint density at radius 3 is 2.57 bits per heavy atom. The van der Waals surface area contributed by atoms with E-state index >= 15 is 0 Å². The third-order valence-corrected chi connectivity index (χ3v) is 3.62. The number of hydrogen-bond donors (Lipinski definition) is 0. The maximum atomic E-state index is 6.19. The van der Waals surface area contributed by atoms with Gasteiger partial charge < -0.3 is 0 Å². The quantitative estimate of drug-likeness (QED) is 0.645. The van der Waals surface area contributed by atoms with Crippen molar-refractivity contribution in [2.24, 2.45) is 7.05 Å². The monoisotopic (exact) mass is 338 g/mol. The Labute approximate surface area is 136 Å². The van der Waals surface area contributed by atoms with Crippen molar-refractivity contribution >= 4 is 34.8 Å². The van der Waals surface area contributed by atoms with Crippen LogP contribution >= 0.6 is 34.8 Å². The van der Waals surface area contributed by atoms with Crippen LogP contribution < -0.4 is 0 Å². The highest BCUT2D eigenvalue weighted by Gasteiger charge is 2.12. The van der Waals surface area contributed by atoms with Gasteiger partial charge in [0.15, 0.2) is 5.82 Å². The van der Waals surface area contributed by atoms with E-state index in [0.29, 0.717) is 32.3 Å². The van der Waals surface area contributed by atoms with Crippen molar-refractivity contribution in [1.82, 2.24) is 19.7 Å². The molecule has 4 nitrogen and oxygen atoms in total.